The van der Waals surface area contributed by atoms with Crippen LogP contribution in [0.25, 0.3) is 22.3 Å². The van der Waals surface area contributed by atoms with Gasteiger partial charge in [-0.3, -0.25) is 28.6 Å². The van der Waals surface area contributed by atoms with E-state index in [1.807, 2.05) is 24.3 Å². The van der Waals surface area contributed by atoms with Crippen LogP contribution in [-0.2, 0) is 25.0 Å². The lowest BCUT2D eigenvalue weighted by Gasteiger charge is -2.21. The number of ether oxygens (including phenoxy) is 1. The van der Waals surface area contributed by atoms with E-state index in [2.05, 4.69) is 31.6 Å². The van der Waals surface area contributed by atoms with Crippen LogP contribution < -0.4 is 10.5 Å². The number of nitrogens with zero attached hydrogens (tertiary/aromatic N) is 4. The van der Waals surface area contributed by atoms with Gasteiger partial charge in [0.1, 0.15) is 12.3 Å². The van der Waals surface area contributed by atoms with Crippen molar-refractivity contribution in [1.82, 2.24) is 19.5 Å². The lowest BCUT2D eigenvalue weighted by Crippen LogP contribution is -2.28. The molecule has 2 aliphatic rings. The molecule has 1 fully saturated rings. The highest BCUT2D eigenvalue weighted by Gasteiger charge is 2.37. The molecule has 0 saturated carbocycles. The Morgan fingerprint density at radius 1 is 1.23 bits per heavy atom. The average molecular weight is 553 g/mol. The summed E-state index contributed by atoms with van der Waals surface area (Å²) in [5.74, 6) is -0.390. The summed E-state index contributed by atoms with van der Waals surface area (Å²) in [6.07, 6.45) is -0.885. The third kappa shape index (κ3) is 4.69. The number of aliphatic hydroxyl groups is 1. The molecule has 13 nitrogen and oxygen atoms in total. The Morgan fingerprint density at radius 3 is 2.77 bits per heavy atom. The van der Waals surface area contributed by atoms with Crippen LogP contribution in [0.4, 0.5) is 11.6 Å². The molecule has 0 bridgehead atoms. The monoisotopic (exact) mass is 553 g/mol. The van der Waals surface area contributed by atoms with Crippen molar-refractivity contribution in [2.24, 2.45) is 0 Å². The van der Waals surface area contributed by atoms with Crippen LogP contribution in [0.3, 0.4) is 0 Å². The summed E-state index contributed by atoms with van der Waals surface area (Å²) in [4.78, 5) is 56.3. The van der Waals surface area contributed by atoms with Crippen LogP contribution in [0.5, 0.6) is 0 Å². The summed E-state index contributed by atoms with van der Waals surface area (Å²) in [5, 5.41) is 10.4. The molecule has 4 N–H and O–H groups in total. The van der Waals surface area contributed by atoms with Gasteiger partial charge in [-0.15, -0.1) is 0 Å². The predicted octanol–water partition coefficient (Wildman–Crippen LogP) is 2.13. The number of amides is 1. The molecule has 1 aliphatic heterocycles. The third-order valence-electron chi connectivity index (χ3n) is 6.90. The average Bonchev–Trinajstić information content (AvgIpc) is 3.56. The smallest absolute Gasteiger partial charge is 0.390 e. The number of nitrogens with one attached hydrogen (secondary N) is 1. The van der Waals surface area contributed by atoms with Crippen molar-refractivity contribution < 1.29 is 33.5 Å². The van der Waals surface area contributed by atoms with Gasteiger partial charge in [0.2, 0.25) is 11.9 Å². The van der Waals surface area contributed by atoms with Crippen molar-refractivity contribution in [3.05, 3.63) is 70.3 Å². The minimum atomic E-state index is -4.75. The normalized spacial score (nSPS) is 20.3. The fourth-order valence-electron chi connectivity index (χ4n) is 5.16. The van der Waals surface area contributed by atoms with E-state index in [0.717, 1.165) is 23.1 Å². The number of imidazole rings is 1. The molecule has 4 aromatic rings. The highest BCUT2D eigenvalue weighted by Crippen LogP contribution is 2.40. The SMILES string of the molecule is CC(=O)N(c1ccc2c(c1)Cc1ccccc1-2)c1nc2c(ncn2[C@H]2C[C@H](O)[C@@H](COP(=O)(O)O)O2)c(=O)[nH]1. The van der Waals surface area contributed by atoms with Crippen molar-refractivity contribution in [3.63, 3.8) is 0 Å². The second-order valence-electron chi connectivity index (χ2n) is 9.46. The summed E-state index contributed by atoms with van der Waals surface area (Å²) in [6.45, 7) is 0.833. The number of carbonyl (C=O) groups excluding carboxylic acids is 1. The molecule has 1 aliphatic carbocycles. The minimum Gasteiger partial charge on any atom is -0.390 e. The number of rotatable bonds is 6. The number of benzene rings is 2. The predicted molar refractivity (Wildman–Crippen MR) is 138 cm³/mol. The quantitative estimate of drug-likeness (QED) is 0.228. The summed E-state index contributed by atoms with van der Waals surface area (Å²) in [5.41, 5.74) is 4.54. The van der Waals surface area contributed by atoms with Crippen LogP contribution >= 0.6 is 7.82 Å². The van der Waals surface area contributed by atoms with Crippen molar-refractivity contribution in [1.29, 1.82) is 0 Å². The van der Waals surface area contributed by atoms with Crippen molar-refractivity contribution in [2.45, 2.75) is 38.2 Å². The number of carbonyl (C=O) groups is 1. The molecule has 3 atom stereocenters. The lowest BCUT2D eigenvalue weighted by atomic mass is 10.1. The number of fused-ring (bicyclic) bond motifs is 4. The fraction of sp³-hybridized carbons (Fsp3) is 0.280. The number of phosphoric ester groups is 1. The zero-order valence-corrected chi connectivity index (χ0v) is 21.5. The topological polar surface area (TPSA) is 180 Å². The Kier molecular flexibility index (Phi) is 6.22. The first-order valence-corrected chi connectivity index (χ1v) is 13.6. The summed E-state index contributed by atoms with van der Waals surface area (Å²) < 4.78 is 22.7. The molecular formula is C25H24N5O8P. The number of H-pyrrole nitrogens is 1. The standard InChI is InChI=1S/C25H24N5O8P/c1-13(31)30(16-6-7-18-15(9-16)8-14-4-2-3-5-17(14)18)25-27-23-22(24(33)28-25)26-12-29(23)21-10-19(32)20(38-21)11-37-39(34,35)36/h2-7,9,12,19-21,32H,8,10-11H2,1H3,(H,27,28,33)(H2,34,35,36)/t19-,20+,21+/m0/s1. The first-order valence-electron chi connectivity index (χ1n) is 12.1. The molecular weight excluding hydrogens is 529 g/mol. The first kappa shape index (κ1) is 25.6. The van der Waals surface area contributed by atoms with Gasteiger partial charge in [-0.1, -0.05) is 30.3 Å². The molecule has 1 amide bonds. The van der Waals surface area contributed by atoms with Crippen molar-refractivity contribution in [3.8, 4) is 11.1 Å². The lowest BCUT2D eigenvalue weighted by molar-refractivity contribution is -0.115. The number of aromatic amines is 1. The van der Waals surface area contributed by atoms with Gasteiger partial charge < -0.3 is 19.6 Å². The van der Waals surface area contributed by atoms with Crippen LogP contribution in [-0.4, -0.2) is 59.1 Å². The molecule has 0 unspecified atom stereocenters. The number of anilines is 2. The van der Waals surface area contributed by atoms with E-state index in [-0.39, 0.29) is 29.4 Å². The fourth-order valence-corrected chi connectivity index (χ4v) is 5.50. The maximum Gasteiger partial charge on any atom is 0.469 e. The molecule has 14 heteroatoms. The van der Waals surface area contributed by atoms with Crippen molar-refractivity contribution >= 4 is 36.5 Å². The number of aromatic nitrogens is 4. The Bertz CT molecular complexity index is 1710. The van der Waals surface area contributed by atoms with E-state index in [4.69, 9.17) is 14.5 Å². The molecule has 1 saturated heterocycles. The van der Waals surface area contributed by atoms with Crippen LogP contribution in [0.1, 0.15) is 30.7 Å². The first-order chi connectivity index (χ1) is 18.6. The van der Waals surface area contributed by atoms with E-state index >= 15 is 0 Å². The Morgan fingerprint density at radius 2 is 2.00 bits per heavy atom. The van der Waals surface area contributed by atoms with Crippen molar-refractivity contribution in [2.75, 3.05) is 11.5 Å². The molecule has 2 aromatic heterocycles. The molecule has 6 rings (SSSR count). The number of hydrogen-bond acceptors (Lipinski definition) is 8. The van der Waals surface area contributed by atoms with E-state index < -0.39 is 38.4 Å². The summed E-state index contributed by atoms with van der Waals surface area (Å²) in [6, 6.07) is 13.7. The van der Waals surface area contributed by atoms with Gasteiger partial charge in [0.25, 0.3) is 5.56 Å². The van der Waals surface area contributed by atoms with Crippen LogP contribution in [0.2, 0.25) is 0 Å². The highest BCUT2D eigenvalue weighted by atomic mass is 31.2. The summed E-state index contributed by atoms with van der Waals surface area (Å²) in [7, 11) is -4.75. The third-order valence-corrected chi connectivity index (χ3v) is 7.39. The number of aliphatic hydroxyl groups excluding tert-OH is 1. The highest BCUT2D eigenvalue weighted by molar-refractivity contribution is 7.46. The number of phosphoric acid groups is 1. The second-order valence-corrected chi connectivity index (χ2v) is 10.7. The van der Waals surface area contributed by atoms with Gasteiger partial charge in [0.05, 0.1) is 24.7 Å². The summed E-state index contributed by atoms with van der Waals surface area (Å²) >= 11 is 0. The van der Waals surface area contributed by atoms with Gasteiger partial charge in [0, 0.05) is 13.3 Å². The minimum absolute atomic E-state index is 0.000313. The number of hydrogen-bond donors (Lipinski definition) is 4. The van der Waals surface area contributed by atoms with E-state index in [9.17, 15) is 19.3 Å². The molecule has 3 heterocycles. The van der Waals surface area contributed by atoms with Gasteiger partial charge in [-0.05, 0) is 40.8 Å². The van der Waals surface area contributed by atoms with Crippen LogP contribution in [0.15, 0.2) is 53.6 Å². The van der Waals surface area contributed by atoms with Gasteiger partial charge in [-0.2, -0.15) is 4.98 Å². The molecule has 0 radical (unpaired) electrons. The Labute approximate surface area is 220 Å². The maximum atomic E-state index is 13.0. The molecule has 2 aromatic carbocycles. The zero-order chi connectivity index (χ0) is 27.5. The van der Waals surface area contributed by atoms with Gasteiger partial charge >= 0.3 is 7.82 Å². The van der Waals surface area contributed by atoms with E-state index in [0.29, 0.717) is 5.69 Å². The van der Waals surface area contributed by atoms with Gasteiger partial charge in [0.15, 0.2) is 11.2 Å². The Balaban J connectivity index is 1.34. The molecule has 0 spiro atoms. The van der Waals surface area contributed by atoms with E-state index in [1.165, 1.54) is 28.3 Å². The largest absolute Gasteiger partial charge is 0.469 e. The van der Waals surface area contributed by atoms with Crippen LogP contribution in [0, 0.1) is 0 Å². The Hall–Kier alpha value is -3.71. The zero-order valence-electron chi connectivity index (χ0n) is 20.6. The maximum absolute atomic E-state index is 13.0. The van der Waals surface area contributed by atoms with E-state index in [1.54, 1.807) is 6.07 Å². The van der Waals surface area contributed by atoms with Gasteiger partial charge in [-0.25, -0.2) is 9.55 Å². The molecule has 39 heavy (non-hydrogen) atoms. The second kappa shape index (κ2) is 9.49. The molecule has 202 valence electrons.